The molecular weight excluding hydrogens is 390 g/mol. The molecule has 1 aliphatic carbocycles. The van der Waals surface area contributed by atoms with Crippen molar-refractivity contribution < 1.29 is 27.5 Å². The molecule has 4 rings (SSSR count). The number of rotatable bonds is 5. The second kappa shape index (κ2) is 7.08. The first-order valence-electron chi connectivity index (χ1n) is 9.50. The van der Waals surface area contributed by atoms with Crippen LogP contribution in [0.3, 0.4) is 0 Å². The zero-order valence-corrected chi connectivity index (χ0v) is 17.0. The van der Waals surface area contributed by atoms with E-state index in [1.54, 1.807) is 16.1 Å². The molecule has 5 atom stereocenters. The highest BCUT2D eigenvalue weighted by atomic mass is 32.2. The lowest BCUT2D eigenvalue weighted by atomic mass is 9.89. The molecule has 3 heterocycles. The van der Waals surface area contributed by atoms with Crippen LogP contribution in [0.1, 0.15) is 45.4 Å². The van der Waals surface area contributed by atoms with Crippen LogP contribution in [0.5, 0.6) is 0 Å². The van der Waals surface area contributed by atoms with E-state index in [0.717, 1.165) is 32.1 Å². The largest absolute Gasteiger partial charge is 0.457 e. The fourth-order valence-corrected chi connectivity index (χ4v) is 10.0. The molecule has 5 unspecified atom stereocenters. The molecule has 0 amide bonds. The van der Waals surface area contributed by atoms with Gasteiger partial charge in [-0.05, 0) is 26.2 Å². The molecule has 0 N–H and O–H groups in total. The first kappa shape index (κ1) is 19.3. The number of carbonyl (C=O) groups excluding carboxylic acids is 2. The van der Waals surface area contributed by atoms with Crippen molar-refractivity contribution in [3.8, 4) is 0 Å². The summed E-state index contributed by atoms with van der Waals surface area (Å²) in [5, 5.41) is -0.387. The molecule has 0 aromatic heterocycles. The number of hydrogen-bond donors (Lipinski definition) is 0. The van der Waals surface area contributed by atoms with E-state index in [9.17, 15) is 18.0 Å². The number of nitrogens with zero attached hydrogens (tertiary/aromatic N) is 1. The maximum absolute atomic E-state index is 13.1. The zero-order chi connectivity index (χ0) is 19.3. The molecule has 4 fully saturated rings. The van der Waals surface area contributed by atoms with E-state index in [2.05, 4.69) is 6.58 Å². The molecule has 4 aliphatic rings. The lowest BCUT2D eigenvalue weighted by Gasteiger charge is -2.35. The molecular formula is C18H25NO6S2. The van der Waals surface area contributed by atoms with Crippen molar-refractivity contribution in [2.45, 2.75) is 79.4 Å². The fourth-order valence-electron chi connectivity index (χ4n) is 4.90. The molecule has 27 heavy (non-hydrogen) atoms. The van der Waals surface area contributed by atoms with Crippen LogP contribution in [0.25, 0.3) is 0 Å². The van der Waals surface area contributed by atoms with Crippen molar-refractivity contribution >= 4 is 33.7 Å². The Hall–Kier alpha value is -1.06. The third-order valence-electron chi connectivity index (χ3n) is 6.04. The molecule has 1 saturated carbocycles. The van der Waals surface area contributed by atoms with Crippen LogP contribution in [0.15, 0.2) is 12.2 Å². The standard InChI is InChI=1S/C18H25NO6S2/c1-10(2)18(21)24-9-14(20)25-16-12-8-13-17(26-12)15(16)19(27(13,22)23)11-6-4-3-5-7-11/h11-13,15-17H,1,3-9H2,2H3. The highest BCUT2D eigenvalue weighted by molar-refractivity contribution is 8.03. The smallest absolute Gasteiger partial charge is 0.344 e. The van der Waals surface area contributed by atoms with E-state index in [-0.39, 0.29) is 33.4 Å². The summed E-state index contributed by atoms with van der Waals surface area (Å²) in [6.45, 7) is 4.50. The minimum absolute atomic E-state index is 0.00541. The number of thioether (sulfide) groups is 1. The molecule has 7 nitrogen and oxygen atoms in total. The van der Waals surface area contributed by atoms with E-state index in [1.807, 2.05) is 0 Å². The Labute approximate surface area is 163 Å². The van der Waals surface area contributed by atoms with Gasteiger partial charge in [0.05, 0.1) is 11.3 Å². The normalized spacial score (nSPS) is 37.3. The van der Waals surface area contributed by atoms with Gasteiger partial charge >= 0.3 is 11.9 Å². The Morgan fingerprint density at radius 3 is 2.59 bits per heavy atom. The summed E-state index contributed by atoms with van der Waals surface area (Å²) in [4.78, 5) is 23.7. The van der Waals surface area contributed by atoms with Gasteiger partial charge in [0, 0.05) is 22.1 Å². The predicted molar refractivity (Wildman–Crippen MR) is 101 cm³/mol. The van der Waals surface area contributed by atoms with Crippen molar-refractivity contribution in [3.05, 3.63) is 12.2 Å². The van der Waals surface area contributed by atoms with Crippen molar-refractivity contribution in [3.63, 3.8) is 0 Å². The molecule has 0 aromatic carbocycles. The van der Waals surface area contributed by atoms with E-state index < -0.39 is 34.7 Å². The minimum atomic E-state index is -3.35. The number of fused-ring (bicyclic) bond motifs is 1. The Morgan fingerprint density at radius 1 is 1.22 bits per heavy atom. The van der Waals surface area contributed by atoms with Crippen molar-refractivity contribution in [2.24, 2.45) is 0 Å². The van der Waals surface area contributed by atoms with Crippen LogP contribution in [0, 0.1) is 0 Å². The number of hydrogen-bond acceptors (Lipinski definition) is 7. The van der Waals surface area contributed by atoms with Crippen LogP contribution < -0.4 is 0 Å². The Balaban J connectivity index is 1.49. The highest BCUT2D eigenvalue weighted by Gasteiger charge is 2.69. The first-order valence-corrected chi connectivity index (χ1v) is 11.9. The molecule has 2 bridgehead atoms. The molecule has 0 spiro atoms. The molecule has 9 heteroatoms. The molecule has 0 radical (unpaired) electrons. The summed E-state index contributed by atoms with van der Waals surface area (Å²) < 4.78 is 38.5. The lowest BCUT2D eigenvalue weighted by Crippen LogP contribution is -2.51. The van der Waals surface area contributed by atoms with Gasteiger partial charge in [-0.1, -0.05) is 25.8 Å². The molecule has 3 aliphatic heterocycles. The van der Waals surface area contributed by atoms with Crippen LogP contribution in [-0.4, -0.2) is 65.2 Å². The van der Waals surface area contributed by atoms with Crippen LogP contribution in [0.2, 0.25) is 0 Å². The van der Waals surface area contributed by atoms with Gasteiger partial charge in [-0.2, -0.15) is 4.31 Å². The zero-order valence-electron chi connectivity index (χ0n) is 15.3. The van der Waals surface area contributed by atoms with Gasteiger partial charge < -0.3 is 9.47 Å². The van der Waals surface area contributed by atoms with Gasteiger partial charge in [0.1, 0.15) is 6.10 Å². The van der Waals surface area contributed by atoms with Gasteiger partial charge in [0.2, 0.25) is 10.0 Å². The third kappa shape index (κ3) is 3.21. The second-order valence-electron chi connectivity index (χ2n) is 7.88. The SMILES string of the molecule is C=C(C)C(=O)OCC(=O)OC1C2CC3C(S2)C1N(C1CCCCC1)S3(=O)=O. The summed E-state index contributed by atoms with van der Waals surface area (Å²) in [6.07, 6.45) is 5.04. The molecule has 3 saturated heterocycles. The number of ether oxygens (including phenoxy) is 2. The highest BCUT2D eigenvalue weighted by Crippen LogP contribution is 2.58. The van der Waals surface area contributed by atoms with Gasteiger partial charge in [-0.25, -0.2) is 18.0 Å². The van der Waals surface area contributed by atoms with Crippen molar-refractivity contribution in [1.29, 1.82) is 0 Å². The second-order valence-corrected chi connectivity index (χ2v) is 11.4. The summed E-state index contributed by atoms with van der Waals surface area (Å²) >= 11 is 1.64. The van der Waals surface area contributed by atoms with E-state index in [0.29, 0.717) is 6.42 Å². The van der Waals surface area contributed by atoms with E-state index in [1.165, 1.54) is 6.92 Å². The van der Waals surface area contributed by atoms with Gasteiger partial charge in [-0.15, -0.1) is 11.8 Å². The summed E-state index contributed by atoms with van der Waals surface area (Å²) in [7, 11) is -3.35. The van der Waals surface area contributed by atoms with Crippen molar-refractivity contribution in [1.82, 2.24) is 4.31 Å². The quantitative estimate of drug-likeness (QED) is 0.498. The van der Waals surface area contributed by atoms with E-state index in [4.69, 9.17) is 9.47 Å². The average molecular weight is 416 g/mol. The molecule has 150 valence electrons. The Morgan fingerprint density at radius 2 is 1.93 bits per heavy atom. The number of esters is 2. The van der Waals surface area contributed by atoms with Crippen LogP contribution >= 0.6 is 11.8 Å². The van der Waals surface area contributed by atoms with Crippen LogP contribution in [0.4, 0.5) is 0 Å². The molecule has 0 aromatic rings. The average Bonchev–Trinajstić information content (AvgIpc) is 3.24. The summed E-state index contributed by atoms with van der Waals surface area (Å²) in [5.41, 5.74) is 0.214. The number of sulfonamides is 1. The monoisotopic (exact) mass is 415 g/mol. The van der Waals surface area contributed by atoms with E-state index >= 15 is 0 Å². The maximum atomic E-state index is 13.1. The Kier molecular flexibility index (Phi) is 5.05. The summed E-state index contributed by atoms with van der Waals surface area (Å²) in [5.74, 6) is -1.27. The van der Waals surface area contributed by atoms with Crippen LogP contribution in [-0.2, 0) is 29.1 Å². The fraction of sp³-hybridized carbons (Fsp3) is 0.778. The third-order valence-corrected chi connectivity index (χ3v) is 10.3. The number of carbonyl (C=O) groups is 2. The topological polar surface area (TPSA) is 90.0 Å². The summed E-state index contributed by atoms with van der Waals surface area (Å²) in [6, 6.07) is -0.270. The maximum Gasteiger partial charge on any atom is 0.344 e. The van der Waals surface area contributed by atoms with Gasteiger partial charge in [-0.3, -0.25) is 0 Å². The predicted octanol–water partition coefficient (Wildman–Crippen LogP) is 1.62. The minimum Gasteiger partial charge on any atom is -0.457 e. The Bertz CT molecular complexity index is 760. The van der Waals surface area contributed by atoms with Gasteiger partial charge in [0.15, 0.2) is 6.61 Å². The first-order chi connectivity index (χ1) is 12.8. The lowest BCUT2D eigenvalue weighted by molar-refractivity contribution is -0.162. The van der Waals surface area contributed by atoms with Gasteiger partial charge in [0.25, 0.3) is 0 Å². The van der Waals surface area contributed by atoms with Crippen molar-refractivity contribution in [2.75, 3.05) is 6.61 Å².